The van der Waals surface area contributed by atoms with Crippen LogP contribution in [-0.4, -0.2) is 32.1 Å². The topological polar surface area (TPSA) is 73.9 Å². The zero-order valence-corrected chi connectivity index (χ0v) is 20.9. The second-order valence-electron chi connectivity index (χ2n) is 9.87. The molecule has 0 saturated carbocycles. The highest BCUT2D eigenvalue weighted by molar-refractivity contribution is 6.04. The first kappa shape index (κ1) is 24.7. The van der Waals surface area contributed by atoms with Crippen molar-refractivity contribution in [2.24, 2.45) is 5.41 Å². The molecule has 0 saturated heterocycles. The second-order valence-corrected chi connectivity index (χ2v) is 9.87. The molecule has 0 aromatic heterocycles. The van der Waals surface area contributed by atoms with Gasteiger partial charge in [-0.2, -0.15) is 0 Å². The van der Waals surface area contributed by atoms with Crippen molar-refractivity contribution in [2.75, 3.05) is 20.3 Å². The molecule has 0 unspecified atom stereocenters. The Kier molecular flexibility index (Phi) is 7.41. The Morgan fingerprint density at radius 2 is 1.74 bits per heavy atom. The van der Waals surface area contributed by atoms with Crippen LogP contribution in [0.3, 0.4) is 0 Å². The lowest BCUT2D eigenvalue weighted by Gasteiger charge is -2.39. The molecule has 1 heterocycles. The first-order chi connectivity index (χ1) is 16.8. The monoisotopic (exact) mass is 475 g/mol. The third kappa shape index (κ3) is 5.49. The maximum absolute atomic E-state index is 13.5. The standard InChI is InChI=1S/C29H33NO5/c1-19-25(28(32)34-15-14-33-4)26(27-22(30-19)16-29(2,3)17-23(27)31)21-12-8-9-13-24(21)35-18-20-10-6-5-7-11-20/h5-13,26,30H,14-18H2,1-4H3/t26-/m0/s1. The van der Waals surface area contributed by atoms with Gasteiger partial charge in [0.1, 0.15) is 19.0 Å². The Balaban J connectivity index is 1.77. The fourth-order valence-electron chi connectivity index (χ4n) is 4.90. The lowest BCUT2D eigenvalue weighted by molar-refractivity contribution is -0.140. The number of rotatable bonds is 8. The predicted molar refractivity (Wildman–Crippen MR) is 134 cm³/mol. The van der Waals surface area contributed by atoms with Crippen LogP contribution in [-0.2, 0) is 25.7 Å². The summed E-state index contributed by atoms with van der Waals surface area (Å²) in [6.07, 6.45) is 1.14. The number of ketones is 1. The van der Waals surface area contributed by atoms with E-state index in [9.17, 15) is 9.59 Å². The van der Waals surface area contributed by atoms with Crippen molar-refractivity contribution >= 4 is 11.8 Å². The summed E-state index contributed by atoms with van der Waals surface area (Å²) in [4.78, 5) is 26.8. The van der Waals surface area contributed by atoms with Crippen LogP contribution in [0.15, 0.2) is 77.1 Å². The Hall–Kier alpha value is -3.38. The molecule has 0 radical (unpaired) electrons. The summed E-state index contributed by atoms with van der Waals surface area (Å²) in [5, 5.41) is 3.37. The molecule has 2 aromatic carbocycles. The highest BCUT2D eigenvalue weighted by Gasteiger charge is 2.44. The van der Waals surface area contributed by atoms with Crippen LogP contribution < -0.4 is 10.1 Å². The Bertz CT molecular complexity index is 1160. The summed E-state index contributed by atoms with van der Waals surface area (Å²) in [5.41, 5.74) is 4.29. The molecule has 0 bridgehead atoms. The number of ether oxygens (including phenoxy) is 3. The zero-order chi connectivity index (χ0) is 25.0. The highest BCUT2D eigenvalue weighted by atomic mass is 16.6. The molecule has 1 aliphatic heterocycles. The average Bonchev–Trinajstić information content (AvgIpc) is 2.82. The number of carbonyl (C=O) groups is 2. The smallest absolute Gasteiger partial charge is 0.336 e. The van der Waals surface area contributed by atoms with E-state index in [4.69, 9.17) is 14.2 Å². The van der Waals surface area contributed by atoms with E-state index in [-0.39, 0.29) is 17.8 Å². The van der Waals surface area contributed by atoms with Crippen molar-refractivity contribution in [2.45, 2.75) is 46.1 Å². The van der Waals surface area contributed by atoms with E-state index < -0.39 is 11.9 Å². The summed E-state index contributed by atoms with van der Waals surface area (Å²) in [6, 6.07) is 17.5. The van der Waals surface area contributed by atoms with Crippen molar-refractivity contribution in [3.8, 4) is 5.75 Å². The van der Waals surface area contributed by atoms with E-state index >= 15 is 0 Å². The number of dihydropyridines is 1. The van der Waals surface area contributed by atoms with Crippen LogP contribution in [0.25, 0.3) is 0 Å². The number of para-hydroxylation sites is 1. The van der Waals surface area contributed by atoms with Gasteiger partial charge in [0.15, 0.2) is 5.78 Å². The Morgan fingerprint density at radius 1 is 1.03 bits per heavy atom. The molecule has 0 spiro atoms. The average molecular weight is 476 g/mol. The number of hydrogen-bond acceptors (Lipinski definition) is 6. The SMILES string of the molecule is COCCOC(=O)C1=C(C)NC2=C(C(=O)CC(C)(C)C2)[C@H]1c1ccccc1OCc1ccccc1. The molecule has 0 fully saturated rings. The van der Waals surface area contributed by atoms with E-state index in [1.165, 1.54) is 0 Å². The lowest BCUT2D eigenvalue weighted by Crippen LogP contribution is -2.39. The van der Waals surface area contributed by atoms with Gasteiger partial charge in [-0.3, -0.25) is 4.79 Å². The molecule has 35 heavy (non-hydrogen) atoms. The van der Waals surface area contributed by atoms with Crippen LogP contribution in [0.4, 0.5) is 0 Å². The highest BCUT2D eigenvalue weighted by Crippen LogP contribution is 2.48. The molecular formula is C29H33NO5. The molecule has 1 N–H and O–H groups in total. The molecule has 1 aliphatic carbocycles. The Labute approximate surface area is 207 Å². The van der Waals surface area contributed by atoms with Crippen LogP contribution >= 0.6 is 0 Å². The van der Waals surface area contributed by atoms with Gasteiger partial charge >= 0.3 is 5.97 Å². The number of hydrogen-bond donors (Lipinski definition) is 1. The molecule has 184 valence electrons. The summed E-state index contributed by atoms with van der Waals surface area (Å²) < 4.78 is 16.8. The van der Waals surface area contributed by atoms with E-state index in [2.05, 4.69) is 19.2 Å². The lowest BCUT2D eigenvalue weighted by atomic mass is 9.68. The van der Waals surface area contributed by atoms with E-state index in [0.29, 0.717) is 42.2 Å². The molecular weight excluding hydrogens is 442 g/mol. The molecule has 6 nitrogen and oxygen atoms in total. The number of carbonyl (C=O) groups excluding carboxylic acids is 2. The van der Waals surface area contributed by atoms with Gasteiger partial charge in [-0.05, 0) is 30.4 Å². The second kappa shape index (κ2) is 10.5. The first-order valence-electron chi connectivity index (χ1n) is 12.0. The van der Waals surface area contributed by atoms with E-state index in [1.807, 2.05) is 61.5 Å². The van der Waals surface area contributed by atoms with Gasteiger partial charge in [-0.25, -0.2) is 4.79 Å². The normalized spacial score (nSPS) is 19.2. The summed E-state index contributed by atoms with van der Waals surface area (Å²) in [6.45, 7) is 6.87. The van der Waals surface area contributed by atoms with Crippen molar-refractivity contribution in [1.82, 2.24) is 5.32 Å². The van der Waals surface area contributed by atoms with Gasteiger partial charge < -0.3 is 19.5 Å². The third-order valence-electron chi connectivity index (χ3n) is 6.45. The van der Waals surface area contributed by atoms with Crippen LogP contribution in [0, 0.1) is 5.41 Å². The van der Waals surface area contributed by atoms with Gasteiger partial charge in [0.05, 0.1) is 18.1 Å². The maximum atomic E-state index is 13.5. The number of allylic oxidation sites excluding steroid dienone is 3. The molecule has 1 atom stereocenters. The number of benzene rings is 2. The predicted octanol–water partition coefficient (Wildman–Crippen LogP) is 5.06. The first-order valence-corrected chi connectivity index (χ1v) is 12.0. The van der Waals surface area contributed by atoms with E-state index in [0.717, 1.165) is 23.2 Å². The quantitative estimate of drug-likeness (QED) is 0.425. The van der Waals surface area contributed by atoms with Gasteiger partial charge in [0, 0.05) is 36.1 Å². The Morgan fingerprint density at radius 3 is 2.49 bits per heavy atom. The van der Waals surface area contributed by atoms with Crippen molar-refractivity contribution in [3.05, 3.63) is 88.3 Å². The van der Waals surface area contributed by atoms with Gasteiger partial charge in [-0.1, -0.05) is 62.4 Å². The summed E-state index contributed by atoms with van der Waals surface area (Å²) >= 11 is 0. The minimum atomic E-state index is -0.572. The van der Waals surface area contributed by atoms with Gasteiger partial charge in [0.25, 0.3) is 0 Å². The van der Waals surface area contributed by atoms with Crippen molar-refractivity contribution < 1.29 is 23.8 Å². The molecule has 2 aliphatic rings. The van der Waals surface area contributed by atoms with Crippen LogP contribution in [0.1, 0.15) is 50.7 Å². The van der Waals surface area contributed by atoms with Gasteiger partial charge in [-0.15, -0.1) is 0 Å². The van der Waals surface area contributed by atoms with Gasteiger partial charge in [0.2, 0.25) is 0 Å². The minimum Gasteiger partial charge on any atom is -0.489 e. The molecule has 6 heteroatoms. The summed E-state index contributed by atoms with van der Waals surface area (Å²) in [7, 11) is 1.56. The molecule has 2 aromatic rings. The zero-order valence-electron chi connectivity index (χ0n) is 20.9. The van der Waals surface area contributed by atoms with Crippen LogP contribution in [0.2, 0.25) is 0 Å². The number of esters is 1. The van der Waals surface area contributed by atoms with Crippen molar-refractivity contribution in [3.63, 3.8) is 0 Å². The minimum absolute atomic E-state index is 0.0429. The molecule has 4 rings (SSSR count). The number of nitrogens with one attached hydrogen (secondary N) is 1. The largest absolute Gasteiger partial charge is 0.489 e. The number of methoxy groups -OCH3 is 1. The maximum Gasteiger partial charge on any atom is 0.336 e. The summed E-state index contributed by atoms with van der Waals surface area (Å²) in [5.74, 6) is -0.347. The van der Waals surface area contributed by atoms with Crippen molar-refractivity contribution in [1.29, 1.82) is 0 Å². The fourth-order valence-corrected chi connectivity index (χ4v) is 4.90. The number of Topliss-reactive ketones (excluding diaryl/α,β-unsaturated/α-hetero) is 1. The molecule has 0 amide bonds. The fraction of sp³-hybridized carbons (Fsp3) is 0.379. The van der Waals surface area contributed by atoms with Crippen LogP contribution in [0.5, 0.6) is 5.75 Å². The van der Waals surface area contributed by atoms with E-state index in [1.54, 1.807) is 7.11 Å². The third-order valence-corrected chi connectivity index (χ3v) is 6.45.